The molecule has 1 fully saturated rings. The summed E-state index contributed by atoms with van der Waals surface area (Å²) in [5.41, 5.74) is 1.35. The van der Waals surface area contributed by atoms with E-state index in [1.807, 2.05) is 0 Å². The third-order valence-corrected chi connectivity index (χ3v) is 4.56. The van der Waals surface area contributed by atoms with Crippen LogP contribution in [-0.4, -0.2) is 23.5 Å². The summed E-state index contributed by atoms with van der Waals surface area (Å²) in [5.74, 6) is 0.378. The van der Waals surface area contributed by atoms with Gasteiger partial charge in [-0.05, 0) is 32.1 Å². The summed E-state index contributed by atoms with van der Waals surface area (Å²) in [6.07, 6.45) is 14.9. The Hall–Kier alpha value is -0.370. The molecule has 104 valence electrons. The quantitative estimate of drug-likeness (QED) is 0.747. The molecule has 0 aromatic rings. The lowest BCUT2D eigenvalue weighted by atomic mass is 9.83. The first-order chi connectivity index (χ1) is 8.88. The average Bonchev–Trinajstić information content (AvgIpc) is 2.48. The molecule has 2 rings (SSSR count). The summed E-state index contributed by atoms with van der Waals surface area (Å²) in [7, 11) is 0. The molecule has 1 heterocycles. The summed E-state index contributed by atoms with van der Waals surface area (Å²) in [5, 5.41) is 10.4. The summed E-state index contributed by atoms with van der Waals surface area (Å²) >= 11 is 0. The van der Waals surface area contributed by atoms with E-state index < -0.39 is 0 Å². The van der Waals surface area contributed by atoms with E-state index in [4.69, 9.17) is 4.99 Å². The molecule has 0 spiro atoms. The van der Waals surface area contributed by atoms with Gasteiger partial charge in [-0.15, -0.1) is 0 Å². The molecule has 2 aliphatic rings. The summed E-state index contributed by atoms with van der Waals surface area (Å²) in [6, 6.07) is 0. The molecule has 0 saturated heterocycles. The van der Waals surface area contributed by atoms with Crippen LogP contribution in [0.2, 0.25) is 0 Å². The standard InChI is InChI=1S/C16H29NO/c18-16-12-8-4-3-6-10-14(16)15-11-7-2-1-5-9-13-17-15/h14,16,18H,1-13H2. The van der Waals surface area contributed by atoms with Crippen LogP contribution < -0.4 is 0 Å². The van der Waals surface area contributed by atoms with Gasteiger partial charge in [0.1, 0.15) is 0 Å². The van der Waals surface area contributed by atoms with Crippen LogP contribution in [0.3, 0.4) is 0 Å². The van der Waals surface area contributed by atoms with E-state index in [1.165, 1.54) is 69.9 Å². The first kappa shape index (κ1) is 14.0. The minimum atomic E-state index is -0.121. The largest absolute Gasteiger partial charge is 0.392 e. The summed E-state index contributed by atoms with van der Waals surface area (Å²) in [6.45, 7) is 0.999. The highest BCUT2D eigenvalue weighted by Gasteiger charge is 2.25. The topological polar surface area (TPSA) is 32.6 Å². The molecule has 0 bridgehead atoms. The molecular weight excluding hydrogens is 222 g/mol. The van der Waals surface area contributed by atoms with Crippen molar-refractivity contribution < 1.29 is 5.11 Å². The normalized spacial score (nSPS) is 32.4. The second kappa shape index (κ2) is 7.93. The number of hydrogen-bond donors (Lipinski definition) is 1. The van der Waals surface area contributed by atoms with E-state index in [9.17, 15) is 5.11 Å². The van der Waals surface area contributed by atoms with Crippen LogP contribution in [0.1, 0.15) is 77.0 Å². The zero-order valence-corrected chi connectivity index (χ0v) is 11.7. The maximum Gasteiger partial charge on any atom is 0.0620 e. The van der Waals surface area contributed by atoms with Crippen molar-refractivity contribution in [3.63, 3.8) is 0 Å². The summed E-state index contributed by atoms with van der Waals surface area (Å²) < 4.78 is 0. The number of rotatable bonds is 1. The molecule has 0 amide bonds. The van der Waals surface area contributed by atoms with Gasteiger partial charge in [0, 0.05) is 18.2 Å². The van der Waals surface area contributed by atoms with E-state index >= 15 is 0 Å². The molecule has 2 unspecified atom stereocenters. The third kappa shape index (κ3) is 4.38. The van der Waals surface area contributed by atoms with Crippen molar-refractivity contribution in [2.45, 2.75) is 83.2 Å². The first-order valence-electron chi connectivity index (χ1n) is 8.09. The Morgan fingerprint density at radius 2 is 1.44 bits per heavy atom. The molecule has 18 heavy (non-hydrogen) atoms. The van der Waals surface area contributed by atoms with Crippen LogP contribution in [0.15, 0.2) is 4.99 Å². The number of aliphatic hydroxyl groups excluding tert-OH is 1. The number of hydrogen-bond acceptors (Lipinski definition) is 2. The van der Waals surface area contributed by atoms with Gasteiger partial charge in [0.05, 0.1) is 6.10 Å². The van der Waals surface area contributed by atoms with E-state index in [1.54, 1.807) is 0 Å². The highest BCUT2D eigenvalue weighted by Crippen LogP contribution is 2.26. The Kier molecular flexibility index (Phi) is 6.19. The van der Waals surface area contributed by atoms with Crippen molar-refractivity contribution in [2.75, 3.05) is 6.54 Å². The van der Waals surface area contributed by atoms with Crippen molar-refractivity contribution >= 4 is 5.71 Å². The van der Waals surface area contributed by atoms with Gasteiger partial charge in [0.25, 0.3) is 0 Å². The summed E-state index contributed by atoms with van der Waals surface area (Å²) in [4.78, 5) is 4.85. The van der Waals surface area contributed by atoms with Gasteiger partial charge in [-0.1, -0.05) is 44.9 Å². The molecule has 2 nitrogen and oxygen atoms in total. The maximum atomic E-state index is 10.4. The smallest absolute Gasteiger partial charge is 0.0620 e. The van der Waals surface area contributed by atoms with Gasteiger partial charge in [0.15, 0.2) is 0 Å². The van der Waals surface area contributed by atoms with Gasteiger partial charge >= 0.3 is 0 Å². The molecule has 1 saturated carbocycles. The fourth-order valence-electron chi connectivity index (χ4n) is 3.41. The van der Waals surface area contributed by atoms with Gasteiger partial charge in [0.2, 0.25) is 0 Å². The highest BCUT2D eigenvalue weighted by molar-refractivity contribution is 5.87. The SMILES string of the molecule is OC1CCCCCCC1C1=NCCCCCCC1. The Morgan fingerprint density at radius 3 is 2.33 bits per heavy atom. The molecule has 2 atom stereocenters. The lowest BCUT2D eigenvalue weighted by molar-refractivity contribution is 0.113. The Bertz CT molecular complexity index is 262. The van der Waals surface area contributed by atoms with Crippen LogP contribution in [0.4, 0.5) is 0 Å². The molecule has 2 heteroatoms. The first-order valence-corrected chi connectivity index (χ1v) is 8.09. The Balaban J connectivity index is 1.99. The van der Waals surface area contributed by atoms with Crippen molar-refractivity contribution in [2.24, 2.45) is 10.9 Å². The zero-order valence-electron chi connectivity index (χ0n) is 11.7. The van der Waals surface area contributed by atoms with Crippen molar-refractivity contribution in [3.8, 4) is 0 Å². The lowest BCUT2D eigenvalue weighted by Crippen LogP contribution is -2.29. The van der Waals surface area contributed by atoms with E-state index in [-0.39, 0.29) is 6.10 Å². The average molecular weight is 251 g/mol. The van der Waals surface area contributed by atoms with Gasteiger partial charge in [-0.25, -0.2) is 0 Å². The number of nitrogens with zero attached hydrogens (tertiary/aromatic N) is 1. The fourth-order valence-corrected chi connectivity index (χ4v) is 3.41. The Labute approximate surface area is 112 Å². The molecule has 0 aromatic heterocycles. The maximum absolute atomic E-state index is 10.4. The predicted molar refractivity (Wildman–Crippen MR) is 77.2 cm³/mol. The molecule has 1 aliphatic carbocycles. The molecule has 0 radical (unpaired) electrons. The molecule has 1 N–H and O–H groups in total. The van der Waals surface area contributed by atoms with Crippen molar-refractivity contribution in [1.29, 1.82) is 0 Å². The predicted octanol–water partition coefficient (Wildman–Crippen LogP) is 4.11. The van der Waals surface area contributed by atoms with Gasteiger partial charge in [-0.2, -0.15) is 0 Å². The van der Waals surface area contributed by atoms with Crippen LogP contribution in [-0.2, 0) is 0 Å². The van der Waals surface area contributed by atoms with E-state index in [0.29, 0.717) is 5.92 Å². The molecule has 1 aliphatic heterocycles. The molecular formula is C16H29NO. The fraction of sp³-hybridized carbons (Fsp3) is 0.938. The number of aliphatic hydroxyl groups is 1. The minimum absolute atomic E-state index is 0.121. The van der Waals surface area contributed by atoms with Crippen LogP contribution >= 0.6 is 0 Å². The van der Waals surface area contributed by atoms with Crippen LogP contribution in [0.25, 0.3) is 0 Å². The van der Waals surface area contributed by atoms with Crippen LogP contribution in [0, 0.1) is 5.92 Å². The number of aliphatic imine (C=N–C) groups is 1. The zero-order chi connectivity index (χ0) is 12.6. The van der Waals surface area contributed by atoms with E-state index in [2.05, 4.69) is 0 Å². The van der Waals surface area contributed by atoms with Crippen LogP contribution in [0.5, 0.6) is 0 Å². The highest BCUT2D eigenvalue weighted by atomic mass is 16.3. The second-order valence-electron chi connectivity index (χ2n) is 6.06. The third-order valence-electron chi connectivity index (χ3n) is 4.56. The van der Waals surface area contributed by atoms with Gasteiger partial charge < -0.3 is 5.11 Å². The van der Waals surface area contributed by atoms with Gasteiger partial charge in [-0.3, -0.25) is 4.99 Å². The lowest BCUT2D eigenvalue weighted by Gasteiger charge is -2.27. The van der Waals surface area contributed by atoms with Crippen molar-refractivity contribution in [3.05, 3.63) is 0 Å². The van der Waals surface area contributed by atoms with E-state index in [0.717, 1.165) is 19.4 Å². The Morgan fingerprint density at radius 1 is 0.778 bits per heavy atom. The molecule has 0 aromatic carbocycles. The van der Waals surface area contributed by atoms with Crippen molar-refractivity contribution in [1.82, 2.24) is 0 Å². The minimum Gasteiger partial charge on any atom is -0.392 e. The monoisotopic (exact) mass is 251 g/mol. The second-order valence-corrected chi connectivity index (χ2v) is 6.06.